The fourth-order valence-corrected chi connectivity index (χ4v) is 5.25. The molecule has 2 fully saturated rings. The second-order valence-corrected chi connectivity index (χ2v) is 9.41. The predicted octanol–water partition coefficient (Wildman–Crippen LogP) is 1.81. The Morgan fingerprint density at radius 2 is 1.82 bits per heavy atom. The van der Waals surface area contributed by atoms with E-state index >= 15 is 0 Å². The second kappa shape index (κ2) is 9.71. The van der Waals surface area contributed by atoms with Crippen LogP contribution < -0.4 is 10.0 Å². The van der Waals surface area contributed by atoms with Crippen LogP contribution in [0.1, 0.15) is 31.2 Å². The molecule has 2 aliphatic rings. The van der Waals surface area contributed by atoms with Gasteiger partial charge in [0.1, 0.15) is 0 Å². The average molecular weight is 409 g/mol. The van der Waals surface area contributed by atoms with Crippen molar-refractivity contribution >= 4 is 16.0 Å². The summed E-state index contributed by atoms with van der Waals surface area (Å²) < 4.78 is 31.8. The lowest BCUT2D eigenvalue weighted by molar-refractivity contribution is 0.204. The van der Waals surface area contributed by atoms with Gasteiger partial charge in [-0.25, -0.2) is 13.1 Å². The van der Waals surface area contributed by atoms with E-state index in [9.17, 15) is 8.42 Å². The molecule has 8 heteroatoms. The molecule has 0 amide bonds. The quantitative estimate of drug-likeness (QED) is 0.408. The maximum Gasteiger partial charge on any atom is 0.240 e. The van der Waals surface area contributed by atoms with Crippen LogP contribution in [-0.4, -0.2) is 59.7 Å². The van der Waals surface area contributed by atoms with Gasteiger partial charge in [-0.05, 0) is 42.4 Å². The molecule has 156 valence electrons. The van der Waals surface area contributed by atoms with Gasteiger partial charge in [-0.2, -0.15) is 0 Å². The summed E-state index contributed by atoms with van der Waals surface area (Å²) in [5.74, 6) is 2.55. The van der Waals surface area contributed by atoms with Crippen molar-refractivity contribution < 1.29 is 13.2 Å². The number of likely N-dealkylation sites (tertiary alicyclic amines) is 1. The number of hydrogen-bond acceptors (Lipinski definition) is 4. The summed E-state index contributed by atoms with van der Waals surface area (Å²) in [6.45, 7) is 3.41. The van der Waals surface area contributed by atoms with Gasteiger partial charge in [0.15, 0.2) is 5.96 Å². The van der Waals surface area contributed by atoms with E-state index in [2.05, 4.69) is 19.9 Å². The fourth-order valence-electron chi connectivity index (χ4n) is 4.24. The molecule has 1 aromatic carbocycles. The normalized spacial score (nSPS) is 22.9. The molecule has 0 spiro atoms. The number of ether oxygens (including phenoxy) is 1. The third kappa shape index (κ3) is 5.24. The summed E-state index contributed by atoms with van der Waals surface area (Å²) in [5, 5.41) is 3.43. The van der Waals surface area contributed by atoms with Gasteiger partial charge in [0, 0.05) is 40.3 Å². The smallest absolute Gasteiger partial charge is 0.240 e. The van der Waals surface area contributed by atoms with Crippen LogP contribution in [0.25, 0.3) is 0 Å². The molecule has 1 aliphatic carbocycles. The first kappa shape index (κ1) is 21.1. The summed E-state index contributed by atoms with van der Waals surface area (Å²) in [5.41, 5.74) is 1.02. The standard InChI is InChI=1S/C20H32N4O3S/c1-21-20(24-14-17-5-3-4-6-18(17)15-24)22-13-16-7-9-19(10-8-16)28(25,26)23-11-12-27-2/h7-10,17-18,23H,3-6,11-15H2,1-2H3,(H,21,22). The minimum atomic E-state index is -3.49. The molecule has 28 heavy (non-hydrogen) atoms. The molecule has 0 radical (unpaired) electrons. The second-order valence-electron chi connectivity index (χ2n) is 7.64. The molecule has 1 saturated heterocycles. The first-order valence-corrected chi connectivity index (χ1v) is 11.5. The molecule has 1 saturated carbocycles. The Kier molecular flexibility index (Phi) is 7.31. The van der Waals surface area contributed by atoms with Crippen molar-refractivity contribution in [2.75, 3.05) is 40.4 Å². The molecule has 1 heterocycles. The van der Waals surface area contributed by atoms with Crippen molar-refractivity contribution in [1.82, 2.24) is 14.9 Å². The Balaban J connectivity index is 1.54. The number of aliphatic imine (C=N–C) groups is 1. The highest BCUT2D eigenvalue weighted by molar-refractivity contribution is 7.89. The SMILES string of the molecule is CN=C(NCc1ccc(S(=O)(=O)NCCOC)cc1)N1CC2CCCCC2C1. The van der Waals surface area contributed by atoms with Gasteiger partial charge < -0.3 is 15.0 Å². The van der Waals surface area contributed by atoms with Crippen LogP contribution in [0.5, 0.6) is 0 Å². The van der Waals surface area contributed by atoms with E-state index in [4.69, 9.17) is 4.74 Å². The molecule has 1 aliphatic heterocycles. The lowest BCUT2D eigenvalue weighted by Crippen LogP contribution is -2.39. The van der Waals surface area contributed by atoms with Crippen LogP contribution in [0.4, 0.5) is 0 Å². The molecule has 2 N–H and O–H groups in total. The van der Waals surface area contributed by atoms with Crippen molar-refractivity contribution in [3.05, 3.63) is 29.8 Å². The van der Waals surface area contributed by atoms with Crippen LogP contribution >= 0.6 is 0 Å². The zero-order valence-corrected chi connectivity index (χ0v) is 17.7. The number of guanidine groups is 1. The van der Waals surface area contributed by atoms with Gasteiger partial charge in [0.05, 0.1) is 11.5 Å². The summed E-state index contributed by atoms with van der Waals surface area (Å²) in [6.07, 6.45) is 5.40. The molecule has 2 unspecified atom stereocenters. The van der Waals surface area contributed by atoms with Gasteiger partial charge in [-0.15, -0.1) is 0 Å². The Labute approximate surface area is 168 Å². The van der Waals surface area contributed by atoms with Gasteiger partial charge in [0.25, 0.3) is 0 Å². The number of benzene rings is 1. The number of nitrogens with zero attached hydrogens (tertiary/aromatic N) is 2. The van der Waals surface area contributed by atoms with Crippen LogP contribution in [0, 0.1) is 11.8 Å². The van der Waals surface area contributed by atoms with Crippen molar-refractivity contribution in [3.8, 4) is 0 Å². The molecule has 1 aromatic rings. The van der Waals surface area contributed by atoms with Crippen LogP contribution in [-0.2, 0) is 21.3 Å². The van der Waals surface area contributed by atoms with E-state index in [1.807, 2.05) is 19.2 Å². The van der Waals surface area contributed by atoms with Gasteiger partial charge in [-0.3, -0.25) is 4.99 Å². The highest BCUT2D eigenvalue weighted by atomic mass is 32.2. The molecular weight excluding hydrogens is 376 g/mol. The lowest BCUT2D eigenvalue weighted by Gasteiger charge is -2.22. The monoisotopic (exact) mass is 408 g/mol. The van der Waals surface area contributed by atoms with E-state index < -0.39 is 10.0 Å². The third-order valence-corrected chi connectivity index (χ3v) is 7.25. The summed E-state index contributed by atoms with van der Waals surface area (Å²) in [6, 6.07) is 6.96. The number of sulfonamides is 1. The van der Waals surface area contributed by atoms with Crippen molar-refractivity contribution in [1.29, 1.82) is 0 Å². The molecule has 0 bridgehead atoms. The Bertz CT molecular complexity index is 750. The van der Waals surface area contributed by atoms with Crippen LogP contribution in [0.2, 0.25) is 0 Å². The first-order chi connectivity index (χ1) is 13.5. The zero-order chi connectivity index (χ0) is 20.0. The Hall–Kier alpha value is -1.64. The van der Waals surface area contributed by atoms with Crippen molar-refractivity contribution in [2.45, 2.75) is 37.1 Å². The summed E-state index contributed by atoms with van der Waals surface area (Å²) in [4.78, 5) is 7.09. The third-order valence-electron chi connectivity index (χ3n) is 5.77. The minimum absolute atomic E-state index is 0.260. The predicted molar refractivity (Wildman–Crippen MR) is 111 cm³/mol. The number of nitrogens with one attached hydrogen (secondary N) is 2. The van der Waals surface area contributed by atoms with Gasteiger partial charge >= 0.3 is 0 Å². The number of methoxy groups -OCH3 is 1. The van der Waals surface area contributed by atoms with E-state index in [1.54, 1.807) is 19.2 Å². The van der Waals surface area contributed by atoms with E-state index in [-0.39, 0.29) is 11.4 Å². The van der Waals surface area contributed by atoms with Crippen molar-refractivity contribution in [3.63, 3.8) is 0 Å². The highest BCUT2D eigenvalue weighted by Crippen LogP contribution is 2.35. The molecule has 2 atom stereocenters. The maximum absolute atomic E-state index is 12.2. The van der Waals surface area contributed by atoms with Gasteiger partial charge in [-0.1, -0.05) is 25.0 Å². The summed E-state index contributed by atoms with van der Waals surface area (Å²) >= 11 is 0. The largest absolute Gasteiger partial charge is 0.383 e. The molecular formula is C20H32N4O3S. The number of rotatable bonds is 7. The fraction of sp³-hybridized carbons (Fsp3) is 0.650. The van der Waals surface area contributed by atoms with Crippen LogP contribution in [0.3, 0.4) is 0 Å². The highest BCUT2D eigenvalue weighted by Gasteiger charge is 2.35. The minimum Gasteiger partial charge on any atom is -0.383 e. The molecule has 0 aromatic heterocycles. The average Bonchev–Trinajstić information content (AvgIpc) is 3.13. The first-order valence-electron chi connectivity index (χ1n) is 10.1. The van der Waals surface area contributed by atoms with E-state index in [1.165, 1.54) is 25.7 Å². The van der Waals surface area contributed by atoms with E-state index in [0.29, 0.717) is 13.2 Å². The number of fused-ring (bicyclic) bond motifs is 1. The summed E-state index contributed by atoms with van der Waals surface area (Å²) in [7, 11) is -0.126. The molecule has 3 rings (SSSR count). The van der Waals surface area contributed by atoms with Gasteiger partial charge in [0.2, 0.25) is 10.0 Å². The number of hydrogen-bond donors (Lipinski definition) is 2. The topological polar surface area (TPSA) is 83.0 Å². The lowest BCUT2D eigenvalue weighted by atomic mass is 9.82. The Morgan fingerprint density at radius 1 is 1.18 bits per heavy atom. The van der Waals surface area contributed by atoms with Crippen LogP contribution in [0.15, 0.2) is 34.2 Å². The van der Waals surface area contributed by atoms with E-state index in [0.717, 1.165) is 36.4 Å². The zero-order valence-electron chi connectivity index (χ0n) is 16.9. The molecule has 7 nitrogen and oxygen atoms in total. The maximum atomic E-state index is 12.2. The Morgan fingerprint density at radius 3 is 2.39 bits per heavy atom. The van der Waals surface area contributed by atoms with Crippen molar-refractivity contribution in [2.24, 2.45) is 16.8 Å².